The number of aldehydes is 1. The number of furan rings is 1. The van der Waals surface area contributed by atoms with Gasteiger partial charge in [0.15, 0.2) is 12.0 Å². The number of hydrogen-bond acceptors (Lipinski definition) is 3. The zero-order chi connectivity index (χ0) is 10.7. The molecule has 0 N–H and O–H groups in total. The molecular weight excluding hydrogens is 190 g/mol. The molecule has 0 spiro atoms. The fraction of sp³-hybridized carbons (Fsp3) is 0.583. The van der Waals surface area contributed by atoms with E-state index in [4.69, 9.17) is 4.42 Å². The number of carbonyl (C=O) groups excluding carboxylic acids is 1. The predicted molar refractivity (Wildman–Crippen MR) is 57.8 cm³/mol. The highest BCUT2D eigenvalue weighted by Crippen LogP contribution is 2.23. The second-order valence-corrected chi connectivity index (χ2v) is 4.28. The molecule has 2 rings (SSSR count). The first kappa shape index (κ1) is 10.4. The lowest BCUT2D eigenvalue weighted by atomic mass is 10.2. The Hall–Kier alpha value is -1.09. The van der Waals surface area contributed by atoms with E-state index in [0.717, 1.165) is 18.6 Å². The third kappa shape index (κ3) is 2.48. The summed E-state index contributed by atoms with van der Waals surface area (Å²) in [6.07, 6.45) is 6.01. The smallest absolute Gasteiger partial charge is 0.185 e. The van der Waals surface area contributed by atoms with Crippen molar-refractivity contribution in [3.05, 3.63) is 23.7 Å². The Labute approximate surface area is 90.1 Å². The minimum Gasteiger partial charge on any atom is -0.457 e. The quantitative estimate of drug-likeness (QED) is 0.711. The molecule has 1 aliphatic carbocycles. The minimum atomic E-state index is 0.421. The lowest BCUT2D eigenvalue weighted by molar-refractivity contribution is 0.109. The zero-order valence-corrected chi connectivity index (χ0v) is 9.11. The molecule has 0 aromatic carbocycles. The molecular formula is C12H17NO2. The molecule has 0 saturated heterocycles. The third-order valence-corrected chi connectivity index (χ3v) is 3.15. The first-order valence-corrected chi connectivity index (χ1v) is 5.53. The molecule has 3 heteroatoms. The normalized spacial score (nSPS) is 17.5. The van der Waals surface area contributed by atoms with Crippen LogP contribution in [0, 0.1) is 0 Å². The van der Waals surface area contributed by atoms with Gasteiger partial charge in [0.1, 0.15) is 5.76 Å². The van der Waals surface area contributed by atoms with Crippen molar-refractivity contribution in [2.24, 2.45) is 0 Å². The number of carbonyl (C=O) groups is 1. The lowest BCUT2D eigenvalue weighted by Crippen LogP contribution is -2.28. The fourth-order valence-electron chi connectivity index (χ4n) is 2.26. The summed E-state index contributed by atoms with van der Waals surface area (Å²) in [6, 6.07) is 4.30. The van der Waals surface area contributed by atoms with E-state index in [1.165, 1.54) is 25.7 Å². The van der Waals surface area contributed by atoms with Crippen molar-refractivity contribution >= 4 is 6.29 Å². The van der Waals surface area contributed by atoms with Crippen LogP contribution in [-0.2, 0) is 6.54 Å². The maximum atomic E-state index is 10.5. The molecule has 0 unspecified atom stereocenters. The summed E-state index contributed by atoms with van der Waals surface area (Å²) in [4.78, 5) is 12.8. The topological polar surface area (TPSA) is 33.5 Å². The van der Waals surface area contributed by atoms with E-state index in [2.05, 4.69) is 11.9 Å². The SMILES string of the molecule is CN(Cc1ccc(C=O)o1)C1CCCC1. The average molecular weight is 207 g/mol. The Balaban J connectivity index is 1.92. The van der Waals surface area contributed by atoms with Crippen LogP contribution < -0.4 is 0 Å². The molecule has 0 atom stereocenters. The van der Waals surface area contributed by atoms with Crippen molar-refractivity contribution in [3.63, 3.8) is 0 Å². The lowest BCUT2D eigenvalue weighted by Gasteiger charge is -2.22. The summed E-state index contributed by atoms with van der Waals surface area (Å²) in [5.74, 6) is 1.30. The first-order chi connectivity index (χ1) is 7.29. The molecule has 1 aromatic heterocycles. The molecule has 0 amide bonds. The molecule has 1 fully saturated rings. The maximum Gasteiger partial charge on any atom is 0.185 e. The van der Waals surface area contributed by atoms with Gasteiger partial charge in [-0.2, -0.15) is 0 Å². The van der Waals surface area contributed by atoms with Gasteiger partial charge in [-0.1, -0.05) is 12.8 Å². The van der Waals surface area contributed by atoms with Crippen LogP contribution in [0.3, 0.4) is 0 Å². The van der Waals surface area contributed by atoms with Crippen LogP contribution in [0.5, 0.6) is 0 Å². The number of rotatable bonds is 4. The van der Waals surface area contributed by atoms with Gasteiger partial charge in [0, 0.05) is 6.04 Å². The number of nitrogens with zero attached hydrogens (tertiary/aromatic N) is 1. The van der Waals surface area contributed by atoms with Crippen LogP contribution in [0.4, 0.5) is 0 Å². The molecule has 1 aliphatic rings. The molecule has 1 heterocycles. The van der Waals surface area contributed by atoms with Gasteiger partial charge in [-0.05, 0) is 32.0 Å². The highest BCUT2D eigenvalue weighted by molar-refractivity contribution is 5.70. The monoisotopic (exact) mass is 207 g/mol. The van der Waals surface area contributed by atoms with Gasteiger partial charge in [-0.3, -0.25) is 9.69 Å². The van der Waals surface area contributed by atoms with Gasteiger partial charge >= 0.3 is 0 Å². The zero-order valence-electron chi connectivity index (χ0n) is 9.11. The summed E-state index contributed by atoms with van der Waals surface area (Å²) >= 11 is 0. The minimum absolute atomic E-state index is 0.421. The van der Waals surface area contributed by atoms with Gasteiger partial charge in [-0.25, -0.2) is 0 Å². The van der Waals surface area contributed by atoms with E-state index in [-0.39, 0.29) is 0 Å². The molecule has 82 valence electrons. The van der Waals surface area contributed by atoms with Crippen LogP contribution in [0.25, 0.3) is 0 Å². The van der Waals surface area contributed by atoms with Gasteiger partial charge < -0.3 is 4.42 Å². The fourth-order valence-corrected chi connectivity index (χ4v) is 2.26. The highest BCUT2D eigenvalue weighted by atomic mass is 16.3. The molecule has 0 radical (unpaired) electrons. The van der Waals surface area contributed by atoms with Crippen molar-refractivity contribution < 1.29 is 9.21 Å². The summed E-state index contributed by atoms with van der Waals surface area (Å²) in [7, 11) is 2.12. The van der Waals surface area contributed by atoms with Crippen LogP contribution in [0.1, 0.15) is 42.0 Å². The van der Waals surface area contributed by atoms with Crippen molar-refractivity contribution in [2.75, 3.05) is 7.05 Å². The summed E-state index contributed by atoms with van der Waals surface area (Å²) in [5.41, 5.74) is 0. The molecule has 15 heavy (non-hydrogen) atoms. The Morgan fingerprint density at radius 1 is 1.47 bits per heavy atom. The summed E-state index contributed by atoms with van der Waals surface area (Å²) < 4.78 is 5.35. The van der Waals surface area contributed by atoms with Crippen LogP contribution in [0.15, 0.2) is 16.5 Å². The Bertz CT molecular complexity index is 326. The Morgan fingerprint density at radius 3 is 2.80 bits per heavy atom. The van der Waals surface area contributed by atoms with E-state index < -0.39 is 0 Å². The van der Waals surface area contributed by atoms with Crippen LogP contribution in [-0.4, -0.2) is 24.3 Å². The second kappa shape index (κ2) is 4.62. The summed E-state index contributed by atoms with van der Waals surface area (Å²) in [5, 5.41) is 0. The standard InChI is InChI=1S/C12H17NO2/c1-13(10-4-2-3-5-10)8-11-6-7-12(9-14)15-11/h6-7,9-10H,2-5,8H2,1H3. The molecule has 0 bridgehead atoms. The van der Waals surface area contributed by atoms with Crippen molar-refractivity contribution in [1.29, 1.82) is 0 Å². The highest BCUT2D eigenvalue weighted by Gasteiger charge is 2.20. The van der Waals surface area contributed by atoms with Gasteiger partial charge in [-0.15, -0.1) is 0 Å². The van der Waals surface area contributed by atoms with E-state index in [9.17, 15) is 4.79 Å². The number of hydrogen-bond donors (Lipinski definition) is 0. The molecule has 3 nitrogen and oxygen atoms in total. The van der Waals surface area contributed by atoms with E-state index in [1.807, 2.05) is 6.07 Å². The van der Waals surface area contributed by atoms with Crippen molar-refractivity contribution in [3.8, 4) is 0 Å². The molecule has 1 saturated carbocycles. The Morgan fingerprint density at radius 2 is 2.20 bits per heavy atom. The first-order valence-electron chi connectivity index (χ1n) is 5.53. The largest absolute Gasteiger partial charge is 0.457 e. The van der Waals surface area contributed by atoms with Crippen molar-refractivity contribution in [2.45, 2.75) is 38.3 Å². The third-order valence-electron chi connectivity index (χ3n) is 3.15. The van der Waals surface area contributed by atoms with Crippen LogP contribution in [0.2, 0.25) is 0 Å². The average Bonchev–Trinajstić information content (AvgIpc) is 2.87. The molecule has 1 aromatic rings. The van der Waals surface area contributed by atoms with Crippen molar-refractivity contribution in [1.82, 2.24) is 4.90 Å². The van der Waals surface area contributed by atoms with Gasteiger partial charge in [0.25, 0.3) is 0 Å². The Kier molecular flexibility index (Phi) is 3.21. The second-order valence-electron chi connectivity index (χ2n) is 4.28. The van der Waals surface area contributed by atoms with E-state index in [0.29, 0.717) is 11.8 Å². The van der Waals surface area contributed by atoms with Gasteiger partial charge in [0.05, 0.1) is 6.54 Å². The summed E-state index contributed by atoms with van der Waals surface area (Å²) in [6.45, 7) is 0.804. The van der Waals surface area contributed by atoms with E-state index in [1.54, 1.807) is 6.07 Å². The maximum absolute atomic E-state index is 10.5. The molecule has 0 aliphatic heterocycles. The van der Waals surface area contributed by atoms with Gasteiger partial charge in [0.2, 0.25) is 0 Å². The predicted octanol–water partition coefficient (Wildman–Crippen LogP) is 2.47. The van der Waals surface area contributed by atoms with Crippen LogP contribution >= 0.6 is 0 Å². The van der Waals surface area contributed by atoms with E-state index >= 15 is 0 Å².